The number of esters is 1. The van der Waals surface area contributed by atoms with Crippen molar-refractivity contribution in [2.45, 2.75) is 6.18 Å². The number of nitrogens with zero attached hydrogens (tertiary/aromatic N) is 2. The van der Waals surface area contributed by atoms with Crippen molar-refractivity contribution in [1.82, 2.24) is 9.78 Å². The number of phenols is 1. The number of methoxy groups -OCH3 is 1. The predicted octanol–water partition coefficient (Wildman–Crippen LogP) is 2.38. The molecule has 1 aromatic heterocycles. The second-order valence-corrected chi connectivity index (χ2v) is 3.84. The summed E-state index contributed by atoms with van der Waals surface area (Å²) in [5.74, 6) is -1.19. The molecule has 0 spiro atoms. The van der Waals surface area contributed by atoms with Crippen molar-refractivity contribution in [3.63, 3.8) is 0 Å². The van der Waals surface area contributed by atoms with Crippen molar-refractivity contribution in [2.75, 3.05) is 7.11 Å². The Labute approximate surface area is 111 Å². The molecule has 0 saturated heterocycles. The van der Waals surface area contributed by atoms with Gasteiger partial charge in [-0.2, -0.15) is 18.3 Å². The summed E-state index contributed by atoms with van der Waals surface area (Å²) < 4.78 is 43.7. The van der Waals surface area contributed by atoms with E-state index in [-0.39, 0.29) is 11.4 Å². The highest BCUT2D eigenvalue weighted by atomic mass is 19.4. The first-order valence-corrected chi connectivity index (χ1v) is 5.38. The maximum absolute atomic E-state index is 12.9. The Morgan fingerprint density at radius 2 is 2.05 bits per heavy atom. The van der Waals surface area contributed by atoms with Crippen LogP contribution >= 0.6 is 0 Å². The first-order chi connectivity index (χ1) is 9.32. The van der Waals surface area contributed by atoms with Gasteiger partial charge in [-0.15, -0.1) is 0 Å². The number of hydrogen-bond donors (Lipinski definition) is 1. The second-order valence-electron chi connectivity index (χ2n) is 3.84. The monoisotopic (exact) mass is 286 g/mol. The van der Waals surface area contributed by atoms with E-state index in [1.807, 2.05) is 0 Å². The minimum Gasteiger partial charge on any atom is -0.508 e. The van der Waals surface area contributed by atoms with Crippen LogP contribution in [0.5, 0.6) is 5.75 Å². The third kappa shape index (κ3) is 2.58. The topological polar surface area (TPSA) is 64.3 Å². The van der Waals surface area contributed by atoms with E-state index in [0.717, 1.165) is 13.2 Å². The van der Waals surface area contributed by atoms with E-state index >= 15 is 0 Å². The summed E-state index contributed by atoms with van der Waals surface area (Å²) in [6.45, 7) is 0. The smallest absolute Gasteiger partial charge is 0.433 e. The van der Waals surface area contributed by atoms with Crippen molar-refractivity contribution in [3.8, 4) is 11.4 Å². The molecule has 1 heterocycles. The molecular weight excluding hydrogens is 277 g/mol. The summed E-state index contributed by atoms with van der Waals surface area (Å²) in [5, 5.41) is 12.9. The van der Waals surface area contributed by atoms with Crippen LogP contribution in [0.4, 0.5) is 13.2 Å². The van der Waals surface area contributed by atoms with Gasteiger partial charge in [0.15, 0.2) is 5.69 Å². The lowest BCUT2D eigenvalue weighted by molar-refractivity contribution is -0.142. The van der Waals surface area contributed by atoms with E-state index in [1.165, 1.54) is 18.2 Å². The van der Waals surface area contributed by atoms with Crippen LogP contribution in [0.25, 0.3) is 5.69 Å². The van der Waals surface area contributed by atoms with Crippen molar-refractivity contribution in [3.05, 3.63) is 41.7 Å². The number of rotatable bonds is 2. The van der Waals surface area contributed by atoms with E-state index in [0.29, 0.717) is 10.7 Å². The molecule has 0 bridgehead atoms. The van der Waals surface area contributed by atoms with Crippen molar-refractivity contribution < 1.29 is 27.8 Å². The summed E-state index contributed by atoms with van der Waals surface area (Å²) in [7, 11) is 1.04. The van der Waals surface area contributed by atoms with Gasteiger partial charge in [0, 0.05) is 12.1 Å². The molecular formula is C12H9F3N2O3. The quantitative estimate of drug-likeness (QED) is 0.861. The molecule has 5 nitrogen and oxygen atoms in total. The normalized spacial score (nSPS) is 11.4. The van der Waals surface area contributed by atoms with Crippen LogP contribution in [0.1, 0.15) is 16.2 Å². The van der Waals surface area contributed by atoms with Gasteiger partial charge >= 0.3 is 12.1 Å². The van der Waals surface area contributed by atoms with Crippen LogP contribution < -0.4 is 0 Å². The number of benzene rings is 1. The summed E-state index contributed by atoms with van der Waals surface area (Å²) in [5.41, 5.74) is -1.63. The number of phenolic OH excluding ortho intramolecular Hbond substituents is 1. The van der Waals surface area contributed by atoms with Gasteiger partial charge in [-0.25, -0.2) is 9.48 Å². The molecule has 8 heteroatoms. The van der Waals surface area contributed by atoms with Gasteiger partial charge in [0.25, 0.3) is 0 Å². The Kier molecular flexibility index (Phi) is 3.39. The van der Waals surface area contributed by atoms with Crippen LogP contribution in [0.2, 0.25) is 0 Å². The Balaban J connectivity index is 2.62. The third-order valence-electron chi connectivity index (χ3n) is 2.47. The second kappa shape index (κ2) is 4.87. The Morgan fingerprint density at radius 3 is 2.60 bits per heavy atom. The Morgan fingerprint density at radius 1 is 1.35 bits per heavy atom. The number of carbonyl (C=O) groups excluding carboxylic acids is 1. The fraction of sp³-hybridized carbons (Fsp3) is 0.167. The lowest BCUT2D eigenvalue weighted by atomic mass is 10.3. The molecule has 0 amide bonds. The fourth-order valence-corrected chi connectivity index (χ4v) is 1.61. The molecule has 2 aromatic rings. The Hall–Kier alpha value is -2.51. The van der Waals surface area contributed by atoms with Crippen LogP contribution in [-0.4, -0.2) is 28.0 Å². The lowest BCUT2D eigenvalue weighted by Crippen LogP contribution is -2.13. The van der Waals surface area contributed by atoms with Gasteiger partial charge in [0.05, 0.1) is 12.8 Å². The zero-order valence-electron chi connectivity index (χ0n) is 10.2. The van der Waals surface area contributed by atoms with E-state index in [4.69, 9.17) is 0 Å². The van der Waals surface area contributed by atoms with Gasteiger partial charge in [0.2, 0.25) is 0 Å². The predicted molar refractivity (Wildman–Crippen MR) is 61.6 cm³/mol. The number of alkyl halides is 3. The summed E-state index contributed by atoms with van der Waals surface area (Å²) >= 11 is 0. The SMILES string of the molecule is COC(=O)c1cc(C(F)(F)F)n(-c2cccc(O)c2)n1. The molecule has 106 valence electrons. The molecule has 2 rings (SSSR count). The largest absolute Gasteiger partial charge is 0.508 e. The highest BCUT2D eigenvalue weighted by Gasteiger charge is 2.37. The van der Waals surface area contributed by atoms with E-state index in [9.17, 15) is 23.1 Å². The lowest BCUT2D eigenvalue weighted by Gasteiger charge is -2.10. The van der Waals surface area contributed by atoms with Crippen LogP contribution in [0.15, 0.2) is 30.3 Å². The van der Waals surface area contributed by atoms with Crippen LogP contribution in [0.3, 0.4) is 0 Å². The highest BCUT2D eigenvalue weighted by Crippen LogP contribution is 2.32. The van der Waals surface area contributed by atoms with E-state index < -0.39 is 23.5 Å². The standard InChI is InChI=1S/C12H9F3N2O3/c1-20-11(19)9-6-10(12(13,14)15)17(16-9)7-3-2-4-8(18)5-7/h2-6,18H,1H3. The molecule has 0 radical (unpaired) electrons. The molecule has 20 heavy (non-hydrogen) atoms. The molecule has 1 N–H and O–H groups in total. The number of hydrogen-bond acceptors (Lipinski definition) is 4. The average molecular weight is 286 g/mol. The summed E-state index contributed by atoms with van der Waals surface area (Å²) in [6.07, 6.45) is -4.70. The maximum Gasteiger partial charge on any atom is 0.433 e. The first kappa shape index (κ1) is 13.9. The third-order valence-corrected chi connectivity index (χ3v) is 2.47. The first-order valence-electron chi connectivity index (χ1n) is 5.38. The molecule has 0 saturated carbocycles. The van der Waals surface area contributed by atoms with Crippen LogP contribution in [-0.2, 0) is 10.9 Å². The molecule has 0 atom stereocenters. The molecule has 0 aliphatic rings. The van der Waals surface area contributed by atoms with E-state index in [1.54, 1.807) is 0 Å². The number of aromatic nitrogens is 2. The van der Waals surface area contributed by atoms with Gasteiger partial charge in [-0.05, 0) is 12.1 Å². The Bertz CT molecular complexity index is 650. The highest BCUT2D eigenvalue weighted by molar-refractivity contribution is 5.87. The number of carbonyl (C=O) groups is 1. The molecule has 0 unspecified atom stereocenters. The molecule has 0 aliphatic carbocycles. The fourth-order valence-electron chi connectivity index (χ4n) is 1.61. The number of ether oxygens (including phenoxy) is 1. The van der Waals surface area contributed by atoms with Crippen LogP contribution in [0, 0.1) is 0 Å². The van der Waals surface area contributed by atoms with E-state index in [2.05, 4.69) is 9.84 Å². The zero-order chi connectivity index (χ0) is 14.9. The van der Waals surface area contributed by atoms with Gasteiger partial charge in [-0.1, -0.05) is 6.07 Å². The minimum absolute atomic E-state index is 0.0209. The van der Waals surface area contributed by atoms with Gasteiger partial charge < -0.3 is 9.84 Å². The summed E-state index contributed by atoms with van der Waals surface area (Å²) in [6, 6.07) is 5.69. The molecule has 0 fully saturated rings. The molecule has 1 aromatic carbocycles. The number of halogens is 3. The molecule has 0 aliphatic heterocycles. The van der Waals surface area contributed by atoms with Crippen molar-refractivity contribution >= 4 is 5.97 Å². The van der Waals surface area contributed by atoms with Gasteiger partial charge in [-0.3, -0.25) is 0 Å². The van der Waals surface area contributed by atoms with Gasteiger partial charge in [0.1, 0.15) is 11.4 Å². The van der Waals surface area contributed by atoms with Crippen molar-refractivity contribution in [2.24, 2.45) is 0 Å². The average Bonchev–Trinajstić information content (AvgIpc) is 2.82. The zero-order valence-corrected chi connectivity index (χ0v) is 10.2. The summed E-state index contributed by atoms with van der Waals surface area (Å²) in [4.78, 5) is 11.3. The van der Waals surface area contributed by atoms with Crippen molar-refractivity contribution in [1.29, 1.82) is 0 Å². The minimum atomic E-state index is -4.70. The maximum atomic E-state index is 12.9. The number of aromatic hydroxyl groups is 1.